The minimum absolute atomic E-state index is 0.664. The van der Waals surface area contributed by atoms with Crippen LogP contribution in [0.15, 0.2) is 12.3 Å². The zero-order valence-corrected chi connectivity index (χ0v) is 9.39. The van der Waals surface area contributed by atoms with Crippen LogP contribution in [0.25, 0.3) is 0 Å². The Hall–Kier alpha value is -0.640. The fraction of sp³-hybridized carbons (Fsp3) is 0.700. The number of nitrogens with zero attached hydrogens (tertiary/aromatic N) is 2. The number of unbranched alkanes of at least 4 members (excludes halogenated alkanes) is 1. The maximum atomic E-state index is 4.31. The van der Waals surface area contributed by atoms with Crippen molar-refractivity contribution in [1.82, 2.24) is 9.78 Å². The van der Waals surface area contributed by atoms with E-state index >= 15 is 0 Å². The van der Waals surface area contributed by atoms with Crippen LogP contribution >= 0.6 is 11.8 Å². The standard InChI is InChI=1S/C10H17N3S/c1-2-3-6-13-10(4-5-11-13)12-9-7-14-8-9/h4-5,9,12H,2-3,6-8H2,1H3. The number of hydrogen-bond donors (Lipinski definition) is 1. The van der Waals surface area contributed by atoms with Crippen LogP contribution in [0.3, 0.4) is 0 Å². The Morgan fingerprint density at radius 2 is 2.50 bits per heavy atom. The van der Waals surface area contributed by atoms with Gasteiger partial charge in [0.25, 0.3) is 0 Å². The molecule has 1 aliphatic rings. The minimum atomic E-state index is 0.664. The third-order valence-corrected chi connectivity index (χ3v) is 3.71. The maximum Gasteiger partial charge on any atom is 0.124 e. The fourth-order valence-corrected chi connectivity index (χ4v) is 2.11. The second-order valence-corrected chi connectivity index (χ2v) is 4.75. The van der Waals surface area contributed by atoms with E-state index in [1.165, 1.54) is 30.2 Å². The van der Waals surface area contributed by atoms with E-state index in [1.54, 1.807) is 0 Å². The van der Waals surface area contributed by atoms with Crippen molar-refractivity contribution in [3.8, 4) is 0 Å². The zero-order valence-electron chi connectivity index (χ0n) is 8.57. The van der Waals surface area contributed by atoms with Gasteiger partial charge < -0.3 is 5.32 Å². The Bertz CT molecular complexity index is 281. The van der Waals surface area contributed by atoms with Gasteiger partial charge in [0.15, 0.2) is 0 Å². The van der Waals surface area contributed by atoms with E-state index in [4.69, 9.17) is 0 Å². The molecule has 3 nitrogen and oxygen atoms in total. The molecule has 78 valence electrons. The van der Waals surface area contributed by atoms with E-state index in [1.807, 2.05) is 18.0 Å². The number of thioether (sulfide) groups is 1. The Morgan fingerprint density at radius 1 is 1.64 bits per heavy atom. The average Bonchev–Trinajstić information content (AvgIpc) is 2.55. The highest BCUT2D eigenvalue weighted by atomic mass is 32.2. The van der Waals surface area contributed by atoms with Gasteiger partial charge >= 0.3 is 0 Å². The number of aryl methyl sites for hydroxylation is 1. The molecular weight excluding hydrogens is 194 g/mol. The molecule has 1 aliphatic heterocycles. The van der Waals surface area contributed by atoms with Gasteiger partial charge in [0.1, 0.15) is 5.82 Å². The largest absolute Gasteiger partial charge is 0.366 e. The van der Waals surface area contributed by atoms with E-state index < -0.39 is 0 Å². The Labute approximate surface area is 89.3 Å². The lowest BCUT2D eigenvalue weighted by Crippen LogP contribution is -2.34. The molecule has 1 saturated heterocycles. The van der Waals surface area contributed by atoms with Gasteiger partial charge in [0.2, 0.25) is 0 Å². The van der Waals surface area contributed by atoms with Gasteiger partial charge in [-0.3, -0.25) is 0 Å². The number of rotatable bonds is 5. The molecule has 0 aliphatic carbocycles. The highest BCUT2D eigenvalue weighted by Gasteiger charge is 2.18. The summed E-state index contributed by atoms with van der Waals surface area (Å²) in [5, 5.41) is 7.83. The van der Waals surface area contributed by atoms with Crippen molar-refractivity contribution >= 4 is 17.6 Å². The van der Waals surface area contributed by atoms with Crippen LogP contribution in [0.2, 0.25) is 0 Å². The van der Waals surface area contributed by atoms with E-state index in [0.717, 1.165) is 6.54 Å². The lowest BCUT2D eigenvalue weighted by atomic mass is 10.3. The summed E-state index contributed by atoms with van der Waals surface area (Å²) < 4.78 is 2.08. The molecule has 1 fully saturated rings. The first-order valence-electron chi connectivity index (χ1n) is 5.26. The molecule has 1 N–H and O–H groups in total. The second-order valence-electron chi connectivity index (χ2n) is 3.67. The molecule has 0 saturated carbocycles. The molecule has 1 aromatic rings. The van der Waals surface area contributed by atoms with Crippen molar-refractivity contribution in [3.05, 3.63) is 12.3 Å². The first kappa shape index (κ1) is 9.90. The highest BCUT2D eigenvalue weighted by Crippen LogP contribution is 2.21. The predicted molar refractivity (Wildman–Crippen MR) is 61.9 cm³/mol. The Balaban J connectivity index is 1.90. The van der Waals surface area contributed by atoms with Gasteiger partial charge in [-0.1, -0.05) is 13.3 Å². The van der Waals surface area contributed by atoms with Crippen molar-refractivity contribution in [2.45, 2.75) is 32.4 Å². The first-order valence-corrected chi connectivity index (χ1v) is 6.41. The van der Waals surface area contributed by atoms with Crippen LogP contribution in [0.1, 0.15) is 19.8 Å². The lowest BCUT2D eigenvalue weighted by molar-refractivity contribution is 0.573. The Kier molecular flexibility index (Phi) is 3.35. The molecule has 1 aromatic heterocycles. The van der Waals surface area contributed by atoms with Crippen LogP contribution in [0, 0.1) is 0 Å². The monoisotopic (exact) mass is 211 g/mol. The van der Waals surface area contributed by atoms with Crippen LogP contribution in [-0.2, 0) is 6.54 Å². The zero-order chi connectivity index (χ0) is 9.80. The quantitative estimate of drug-likeness (QED) is 0.810. The Morgan fingerprint density at radius 3 is 3.14 bits per heavy atom. The summed E-state index contributed by atoms with van der Waals surface area (Å²) in [6, 6.07) is 2.73. The van der Waals surface area contributed by atoms with Gasteiger partial charge in [0.05, 0.1) is 6.20 Å². The van der Waals surface area contributed by atoms with Crippen LogP contribution < -0.4 is 5.32 Å². The van der Waals surface area contributed by atoms with Crippen molar-refractivity contribution in [1.29, 1.82) is 0 Å². The van der Waals surface area contributed by atoms with Crippen LogP contribution in [0.4, 0.5) is 5.82 Å². The van der Waals surface area contributed by atoms with Gasteiger partial charge in [-0.2, -0.15) is 16.9 Å². The van der Waals surface area contributed by atoms with Gasteiger partial charge in [-0.05, 0) is 6.42 Å². The molecular formula is C10H17N3S. The number of hydrogen-bond acceptors (Lipinski definition) is 3. The summed E-state index contributed by atoms with van der Waals surface area (Å²) in [5.41, 5.74) is 0. The molecule has 0 radical (unpaired) electrons. The first-order chi connectivity index (χ1) is 6.90. The van der Waals surface area contributed by atoms with Crippen molar-refractivity contribution < 1.29 is 0 Å². The molecule has 0 spiro atoms. The maximum absolute atomic E-state index is 4.31. The van der Waals surface area contributed by atoms with Gasteiger partial charge in [-0.25, -0.2) is 4.68 Å². The van der Waals surface area contributed by atoms with Crippen LogP contribution in [-0.4, -0.2) is 27.3 Å². The highest BCUT2D eigenvalue weighted by molar-refractivity contribution is 8.00. The second kappa shape index (κ2) is 4.73. The van der Waals surface area contributed by atoms with E-state index in [9.17, 15) is 0 Å². The normalized spacial score (nSPS) is 16.6. The molecule has 14 heavy (non-hydrogen) atoms. The van der Waals surface area contributed by atoms with E-state index in [0.29, 0.717) is 6.04 Å². The summed E-state index contributed by atoms with van der Waals surface area (Å²) in [7, 11) is 0. The van der Waals surface area contributed by atoms with Crippen molar-refractivity contribution in [3.63, 3.8) is 0 Å². The topological polar surface area (TPSA) is 29.9 Å². The molecule has 0 unspecified atom stereocenters. The summed E-state index contributed by atoms with van der Waals surface area (Å²) in [6.45, 7) is 3.24. The van der Waals surface area contributed by atoms with Crippen LogP contribution in [0.5, 0.6) is 0 Å². The van der Waals surface area contributed by atoms with Crippen molar-refractivity contribution in [2.24, 2.45) is 0 Å². The summed E-state index contributed by atoms with van der Waals surface area (Å²) in [5.74, 6) is 3.65. The smallest absolute Gasteiger partial charge is 0.124 e. The van der Waals surface area contributed by atoms with Crippen molar-refractivity contribution in [2.75, 3.05) is 16.8 Å². The van der Waals surface area contributed by atoms with Gasteiger partial charge in [0, 0.05) is 30.2 Å². The van der Waals surface area contributed by atoms with Gasteiger partial charge in [-0.15, -0.1) is 0 Å². The molecule has 4 heteroatoms. The lowest BCUT2D eigenvalue weighted by Gasteiger charge is -2.27. The third-order valence-electron chi connectivity index (χ3n) is 2.43. The minimum Gasteiger partial charge on any atom is -0.366 e. The summed E-state index contributed by atoms with van der Waals surface area (Å²) in [4.78, 5) is 0. The van der Waals surface area contributed by atoms with E-state index in [2.05, 4.69) is 28.1 Å². The third kappa shape index (κ3) is 2.23. The summed E-state index contributed by atoms with van der Waals surface area (Å²) in [6.07, 6.45) is 4.30. The molecule has 0 aromatic carbocycles. The SMILES string of the molecule is CCCCn1nccc1NC1CSC1. The molecule has 0 amide bonds. The average molecular weight is 211 g/mol. The predicted octanol–water partition coefficient (Wildman–Crippen LogP) is 2.21. The molecule has 0 bridgehead atoms. The number of anilines is 1. The fourth-order valence-electron chi connectivity index (χ4n) is 1.47. The molecule has 0 atom stereocenters. The molecule has 2 heterocycles. The van der Waals surface area contributed by atoms with E-state index in [-0.39, 0.29) is 0 Å². The number of nitrogens with one attached hydrogen (secondary N) is 1. The summed E-state index contributed by atoms with van der Waals surface area (Å²) >= 11 is 2.00. The number of aromatic nitrogens is 2. The molecule has 2 rings (SSSR count).